The number of rotatable bonds is 9. The molecule has 0 aliphatic carbocycles. The minimum Gasteiger partial charge on any atom is -0.495 e. The number of hydrogen-bond acceptors (Lipinski definition) is 5. The summed E-state index contributed by atoms with van der Waals surface area (Å²) in [7, 11) is -2.57. The van der Waals surface area contributed by atoms with Crippen LogP contribution in [-0.4, -0.2) is 34.6 Å². The Morgan fingerprint density at radius 1 is 1.25 bits per heavy atom. The largest absolute Gasteiger partial charge is 0.495 e. The van der Waals surface area contributed by atoms with Crippen molar-refractivity contribution in [3.8, 4) is 5.75 Å². The lowest BCUT2D eigenvalue weighted by Crippen LogP contribution is -2.31. The van der Waals surface area contributed by atoms with Gasteiger partial charge >= 0.3 is 5.97 Å². The summed E-state index contributed by atoms with van der Waals surface area (Å²) >= 11 is 6.08. The van der Waals surface area contributed by atoms with Gasteiger partial charge < -0.3 is 9.47 Å². The fraction of sp³-hybridized carbons (Fsp3) is 0.250. The lowest BCUT2D eigenvalue weighted by molar-refractivity contribution is 0.0505. The van der Waals surface area contributed by atoms with E-state index in [4.69, 9.17) is 21.1 Å². The van der Waals surface area contributed by atoms with Gasteiger partial charge in [0, 0.05) is 0 Å². The number of methoxy groups -OCH3 is 1. The normalized spacial score (nSPS) is 11.0. The van der Waals surface area contributed by atoms with Crippen LogP contribution in [0.2, 0.25) is 5.02 Å². The summed E-state index contributed by atoms with van der Waals surface area (Å²) in [6.07, 6.45) is 2.11. The SMILES string of the molecule is C=CCN(c1ccccc1OC)S(=O)(=O)c1ccc(Cl)c(C(=O)OCCC)c1. The fourth-order valence-corrected chi connectivity index (χ4v) is 4.17. The van der Waals surface area contributed by atoms with E-state index in [2.05, 4.69) is 6.58 Å². The summed E-state index contributed by atoms with van der Waals surface area (Å²) in [6, 6.07) is 10.7. The van der Waals surface area contributed by atoms with Crippen molar-refractivity contribution in [1.82, 2.24) is 0 Å². The molecular formula is C20H22ClNO5S. The van der Waals surface area contributed by atoms with Crippen molar-refractivity contribution in [2.75, 3.05) is 24.6 Å². The number of nitrogens with zero attached hydrogens (tertiary/aromatic N) is 1. The quantitative estimate of drug-likeness (QED) is 0.444. The molecule has 28 heavy (non-hydrogen) atoms. The lowest BCUT2D eigenvalue weighted by atomic mass is 10.2. The Labute approximate surface area is 170 Å². The predicted molar refractivity (Wildman–Crippen MR) is 110 cm³/mol. The molecule has 0 saturated heterocycles. The maximum atomic E-state index is 13.3. The molecule has 2 aromatic carbocycles. The topological polar surface area (TPSA) is 72.9 Å². The van der Waals surface area contributed by atoms with Gasteiger partial charge in [0.05, 0.1) is 41.4 Å². The van der Waals surface area contributed by atoms with Gasteiger partial charge in [-0.1, -0.05) is 36.7 Å². The molecule has 0 bridgehead atoms. The Bertz CT molecular complexity index is 959. The number of carbonyl (C=O) groups excluding carboxylic acids is 1. The summed E-state index contributed by atoms with van der Waals surface area (Å²) in [5, 5.41) is 0.118. The third kappa shape index (κ3) is 4.66. The third-order valence-corrected chi connectivity index (χ3v) is 5.94. The highest BCUT2D eigenvalue weighted by Gasteiger charge is 2.28. The zero-order valence-electron chi connectivity index (χ0n) is 15.7. The van der Waals surface area contributed by atoms with Crippen LogP contribution in [-0.2, 0) is 14.8 Å². The van der Waals surface area contributed by atoms with Crippen LogP contribution in [0.5, 0.6) is 5.75 Å². The molecule has 0 atom stereocenters. The van der Waals surface area contributed by atoms with Crippen LogP contribution in [0.3, 0.4) is 0 Å². The fourth-order valence-electron chi connectivity index (χ4n) is 2.50. The molecule has 0 aliphatic heterocycles. The molecule has 0 aromatic heterocycles. The van der Waals surface area contributed by atoms with E-state index < -0.39 is 16.0 Å². The molecule has 0 aliphatic rings. The summed E-state index contributed by atoms with van der Waals surface area (Å²) in [6.45, 7) is 5.73. The second kappa shape index (κ2) is 9.61. The number of carbonyl (C=O) groups is 1. The Morgan fingerprint density at radius 2 is 1.96 bits per heavy atom. The van der Waals surface area contributed by atoms with Crippen molar-refractivity contribution >= 4 is 33.3 Å². The van der Waals surface area contributed by atoms with Crippen LogP contribution >= 0.6 is 11.6 Å². The number of benzene rings is 2. The molecule has 6 nitrogen and oxygen atoms in total. The van der Waals surface area contributed by atoms with Crippen LogP contribution in [0.4, 0.5) is 5.69 Å². The van der Waals surface area contributed by atoms with Crippen LogP contribution in [0.1, 0.15) is 23.7 Å². The monoisotopic (exact) mass is 423 g/mol. The van der Waals surface area contributed by atoms with E-state index in [1.54, 1.807) is 24.3 Å². The molecular weight excluding hydrogens is 402 g/mol. The minimum atomic E-state index is -4.03. The van der Waals surface area contributed by atoms with Crippen LogP contribution in [0.15, 0.2) is 60.0 Å². The molecule has 0 fully saturated rings. The van der Waals surface area contributed by atoms with Gasteiger partial charge in [-0.3, -0.25) is 4.31 Å². The molecule has 0 radical (unpaired) electrons. The van der Waals surface area contributed by atoms with Gasteiger partial charge in [-0.05, 0) is 36.8 Å². The molecule has 0 spiro atoms. The number of hydrogen-bond donors (Lipinski definition) is 0. The predicted octanol–water partition coefficient (Wildman–Crippen LogP) is 4.30. The first-order valence-corrected chi connectivity index (χ1v) is 10.4. The molecule has 0 unspecified atom stereocenters. The lowest BCUT2D eigenvalue weighted by Gasteiger charge is -2.25. The molecule has 8 heteroatoms. The summed E-state index contributed by atoms with van der Waals surface area (Å²) in [4.78, 5) is 12.1. The van der Waals surface area contributed by atoms with E-state index in [0.29, 0.717) is 17.9 Å². The van der Waals surface area contributed by atoms with E-state index in [1.165, 1.54) is 31.4 Å². The first kappa shape index (κ1) is 21.8. The number of para-hydroxylation sites is 2. The maximum absolute atomic E-state index is 13.3. The van der Waals surface area contributed by atoms with Crippen molar-refractivity contribution in [3.63, 3.8) is 0 Å². The summed E-state index contributed by atoms with van der Waals surface area (Å²) < 4.78 is 38.2. The average Bonchev–Trinajstić information content (AvgIpc) is 2.70. The molecule has 2 rings (SSSR count). The van der Waals surface area contributed by atoms with Crippen LogP contribution in [0.25, 0.3) is 0 Å². The second-order valence-corrected chi connectivity index (χ2v) is 8.04. The van der Waals surface area contributed by atoms with E-state index in [9.17, 15) is 13.2 Å². The zero-order valence-corrected chi connectivity index (χ0v) is 17.3. The van der Waals surface area contributed by atoms with Crippen molar-refractivity contribution in [2.24, 2.45) is 0 Å². The van der Waals surface area contributed by atoms with Gasteiger partial charge in [0.15, 0.2) is 0 Å². The van der Waals surface area contributed by atoms with Crippen molar-refractivity contribution in [3.05, 3.63) is 65.7 Å². The van der Waals surface area contributed by atoms with E-state index in [0.717, 1.165) is 4.31 Å². The highest BCUT2D eigenvalue weighted by atomic mass is 35.5. The Balaban J connectivity index is 2.54. The van der Waals surface area contributed by atoms with Gasteiger partial charge in [0.25, 0.3) is 10.0 Å². The first-order valence-electron chi connectivity index (χ1n) is 8.60. The highest BCUT2D eigenvalue weighted by Crippen LogP contribution is 2.33. The smallest absolute Gasteiger partial charge is 0.339 e. The van der Waals surface area contributed by atoms with Crippen molar-refractivity contribution in [1.29, 1.82) is 0 Å². The number of sulfonamides is 1. The first-order chi connectivity index (χ1) is 13.4. The highest BCUT2D eigenvalue weighted by molar-refractivity contribution is 7.92. The van der Waals surface area contributed by atoms with Crippen molar-refractivity contribution in [2.45, 2.75) is 18.2 Å². The van der Waals surface area contributed by atoms with Crippen LogP contribution < -0.4 is 9.04 Å². The average molecular weight is 424 g/mol. The number of anilines is 1. The van der Waals surface area contributed by atoms with Crippen molar-refractivity contribution < 1.29 is 22.7 Å². The molecule has 0 saturated carbocycles. The Hall–Kier alpha value is -2.51. The van der Waals surface area contributed by atoms with Gasteiger partial charge in [-0.25, -0.2) is 13.2 Å². The van der Waals surface area contributed by atoms with E-state index in [-0.39, 0.29) is 28.6 Å². The Morgan fingerprint density at radius 3 is 2.61 bits per heavy atom. The molecule has 2 aromatic rings. The Kier molecular flexibility index (Phi) is 7.48. The van der Waals surface area contributed by atoms with E-state index >= 15 is 0 Å². The van der Waals surface area contributed by atoms with Crippen LogP contribution in [0, 0.1) is 0 Å². The van der Waals surface area contributed by atoms with Gasteiger partial charge in [0.2, 0.25) is 0 Å². The summed E-state index contributed by atoms with van der Waals surface area (Å²) in [5.41, 5.74) is 0.352. The number of esters is 1. The van der Waals surface area contributed by atoms with E-state index in [1.807, 2.05) is 6.92 Å². The molecule has 0 N–H and O–H groups in total. The third-order valence-electron chi connectivity index (χ3n) is 3.83. The molecule has 0 heterocycles. The van der Waals surface area contributed by atoms with Gasteiger partial charge in [-0.2, -0.15) is 0 Å². The van der Waals surface area contributed by atoms with Gasteiger partial charge in [0.1, 0.15) is 5.75 Å². The molecule has 0 amide bonds. The maximum Gasteiger partial charge on any atom is 0.339 e. The number of ether oxygens (including phenoxy) is 2. The van der Waals surface area contributed by atoms with Gasteiger partial charge in [-0.15, -0.1) is 6.58 Å². The summed E-state index contributed by atoms with van der Waals surface area (Å²) in [5.74, 6) is -0.277. The minimum absolute atomic E-state index is 0.00484. The second-order valence-electron chi connectivity index (χ2n) is 5.77. The standard InChI is InChI=1S/C20H22ClNO5S/c1-4-12-22(18-8-6-7-9-19(18)26-3)28(24,25)15-10-11-17(21)16(14-15)20(23)27-13-5-2/h4,6-11,14H,1,5,12-13H2,2-3H3. The zero-order chi connectivity index (χ0) is 20.7. The number of halogens is 1. The molecule has 150 valence electrons.